The molecule has 3 atom stereocenters. The molecule has 7 heteroatoms. The smallest absolute Gasteiger partial charge is 0.255 e. The maximum atomic E-state index is 12.9. The van der Waals surface area contributed by atoms with Gasteiger partial charge in [-0.25, -0.2) is 0 Å². The van der Waals surface area contributed by atoms with E-state index < -0.39 is 6.04 Å². The van der Waals surface area contributed by atoms with E-state index >= 15 is 0 Å². The molecule has 0 bridgehead atoms. The minimum absolute atomic E-state index is 0.113. The zero-order chi connectivity index (χ0) is 20.7. The zero-order valence-corrected chi connectivity index (χ0v) is 17.4. The Morgan fingerprint density at radius 1 is 0.967 bits per heavy atom. The summed E-state index contributed by atoms with van der Waals surface area (Å²) in [6.45, 7) is 2.85. The lowest BCUT2D eigenvalue weighted by atomic mass is 10.0. The molecule has 2 saturated heterocycles. The van der Waals surface area contributed by atoms with E-state index in [0.29, 0.717) is 30.6 Å². The summed E-state index contributed by atoms with van der Waals surface area (Å²) in [6, 6.07) is 6.44. The standard InChI is InChI=1S/C23H30N4O3/c28-21-10-9-20(22(29)25-21)27-14-15-13-16(7-8-17(15)23(27)30)24-18-5-4-6-19(18)26-11-2-1-3-12-26/h7-8,13,18-20,24H,1-6,9-12,14H2,(H,25,28,29)/t18-,19+,20?/m0/s1. The van der Waals surface area contributed by atoms with E-state index in [1.165, 1.54) is 51.6 Å². The number of fused-ring (bicyclic) bond motifs is 1. The molecule has 7 nitrogen and oxygen atoms in total. The highest BCUT2D eigenvalue weighted by Gasteiger charge is 2.39. The van der Waals surface area contributed by atoms with Crippen LogP contribution in [-0.4, -0.2) is 58.7 Å². The van der Waals surface area contributed by atoms with Crippen LogP contribution in [0.2, 0.25) is 0 Å². The van der Waals surface area contributed by atoms with Gasteiger partial charge in [-0.05, 0) is 75.4 Å². The van der Waals surface area contributed by atoms with Gasteiger partial charge in [-0.15, -0.1) is 0 Å². The van der Waals surface area contributed by atoms with Crippen LogP contribution in [0.1, 0.15) is 67.3 Å². The van der Waals surface area contributed by atoms with Crippen molar-refractivity contribution in [3.05, 3.63) is 29.3 Å². The van der Waals surface area contributed by atoms with Crippen molar-refractivity contribution < 1.29 is 14.4 Å². The summed E-state index contributed by atoms with van der Waals surface area (Å²) in [6.07, 6.45) is 8.33. The van der Waals surface area contributed by atoms with Crippen LogP contribution >= 0.6 is 0 Å². The number of anilines is 1. The predicted molar refractivity (Wildman–Crippen MR) is 113 cm³/mol. The van der Waals surface area contributed by atoms with Gasteiger partial charge in [0.25, 0.3) is 5.91 Å². The van der Waals surface area contributed by atoms with Crippen molar-refractivity contribution in [1.82, 2.24) is 15.1 Å². The van der Waals surface area contributed by atoms with Gasteiger partial charge in [0.2, 0.25) is 11.8 Å². The number of amides is 3. The highest BCUT2D eigenvalue weighted by atomic mass is 16.2. The van der Waals surface area contributed by atoms with Crippen LogP contribution < -0.4 is 10.6 Å². The van der Waals surface area contributed by atoms with Gasteiger partial charge in [0.05, 0.1) is 0 Å². The van der Waals surface area contributed by atoms with Crippen LogP contribution in [0.25, 0.3) is 0 Å². The summed E-state index contributed by atoms with van der Waals surface area (Å²) in [5, 5.41) is 6.11. The van der Waals surface area contributed by atoms with E-state index in [4.69, 9.17) is 0 Å². The first-order valence-corrected chi connectivity index (χ1v) is 11.4. The Labute approximate surface area is 177 Å². The highest BCUT2D eigenvalue weighted by Crippen LogP contribution is 2.32. The minimum atomic E-state index is -0.558. The number of likely N-dealkylation sites (tertiary alicyclic amines) is 1. The molecule has 1 aromatic carbocycles. The number of nitrogens with one attached hydrogen (secondary N) is 2. The SMILES string of the molecule is O=C1CCC(N2Cc3cc(N[C@H]4CCC[C@H]4N4CCCCC4)ccc3C2=O)C(=O)N1. The third kappa shape index (κ3) is 3.60. The van der Waals surface area contributed by atoms with Crippen LogP contribution in [0.5, 0.6) is 0 Å². The van der Waals surface area contributed by atoms with Gasteiger partial charge in [-0.3, -0.25) is 24.6 Å². The fraction of sp³-hybridized carbons (Fsp3) is 0.609. The topological polar surface area (TPSA) is 81.8 Å². The molecule has 1 unspecified atom stereocenters. The molecule has 0 spiro atoms. The Balaban J connectivity index is 1.28. The summed E-state index contributed by atoms with van der Waals surface area (Å²) in [5.74, 6) is -0.731. The summed E-state index contributed by atoms with van der Waals surface area (Å²) < 4.78 is 0. The van der Waals surface area contributed by atoms with Crippen LogP contribution in [0.15, 0.2) is 18.2 Å². The lowest BCUT2D eigenvalue weighted by molar-refractivity contribution is -0.136. The third-order valence-corrected chi connectivity index (χ3v) is 7.21. The van der Waals surface area contributed by atoms with Crippen LogP contribution in [0.3, 0.4) is 0 Å². The van der Waals surface area contributed by atoms with Crippen molar-refractivity contribution in [2.45, 2.75) is 76.0 Å². The summed E-state index contributed by atoms with van der Waals surface area (Å²) in [4.78, 5) is 40.8. The Hall–Kier alpha value is -2.41. The first kappa shape index (κ1) is 19.5. The molecule has 4 aliphatic rings. The largest absolute Gasteiger partial charge is 0.381 e. The van der Waals surface area contributed by atoms with Crippen molar-refractivity contribution in [1.29, 1.82) is 0 Å². The molecule has 1 saturated carbocycles. The first-order chi connectivity index (χ1) is 14.6. The number of hydrogen-bond donors (Lipinski definition) is 2. The van der Waals surface area contributed by atoms with Gasteiger partial charge >= 0.3 is 0 Å². The Morgan fingerprint density at radius 2 is 1.80 bits per heavy atom. The van der Waals surface area contributed by atoms with Crippen LogP contribution in [-0.2, 0) is 16.1 Å². The van der Waals surface area contributed by atoms with Gasteiger partial charge in [0, 0.05) is 36.3 Å². The first-order valence-electron chi connectivity index (χ1n) is 11.4. The predicted octanol–water partition coefficient (Wildman–Crippen LogP) is 2.27. The lowest BCUT2D eigenvalue weighted by Crippen LogP contribution is -2.52. The third-order valence-electron chi connectivity index (χ3n) is 7.21. The van der Waals surface area contributed by atoms with Crippen molar-refractivity contribution in [2.24, 2.45) is 0 Å². The summed E-state index contributed by atoms with van der Waals surface area (Å²) in [7, 11) is 0. The Bertz CT molecular complexity index is 864. The molecule has 3 amide bonds. The summed E-state index contributed by atoms with van der Waals surface area (Å²) in [5.41, 5.74) is 2.69. The van der Waals surface area contributed by atoms with Crippen molar-refractivity contribution >= 4 is 23.4 Å². The lowest BCUT2D eigenvalue weighted by Gasteiger charge is -2.36. The number of rotatable bonds is 4. The van der Waals surface area contributed by atoms with Crippen LogP contribution in [0, 0.1) is 0 Å². The van der Waals surface area contributed by atoms with Gasteiger partial charge in [0.1, 0.15) is 6.04 Å². The highest BCUT2D eigenvalue weighted by molar-refractivity contribution is 6.05. The molecule has 0 radical (unpaired) electrons. The van der Waals surface area contributed by atoms with Gasteiger partial charge in [0.15, 0.2) is 0 Å². The average Bonchev–Trinajstić information content (AvgIpc) is 3.33. The molecule has 160 valence electrons. The van der Waals surface area contributed by atoms with Crippen molar-refractivity contribution in [3.8, 4) is 0 Å². The quantitative estimate of drug-likeness (QED) is 0.745. The van der Waals surface area contributed by atoms with Gasteiger partial charge in [-0.1, -0.05) is 6.42 Å². The molecular formula is C23H30N4O3. The Kier molecular flexibility index (Phi) is 5.23. The molecule has 3 heterocycles. The van der Waals surface area contributed by atoms with E-state index in [0.717, 1.165) is 11.3 Å². The zero-order valence-electron chi connectivity index (χ0n) is 17.4. The molecule has 3 aliphatic heterocycles. The summed E-state index contributed by atoms with van der Waals surface area (Å²) >= 11 is 0. The number of carbonyl (C=O) groups is 3. The molecule has 0 aromatic heterocycles. The van der Waals surface area contributed by atoms with E-state index in [1.807, 2.05) is 12.1 Å². The average molecular weight is 411 g/mol. The Morgan fingerprint density at radius 3 is 2.60 bits per heavy atom. The minimum Gasteiger partial charge on any atom is -0.381 e. The molecule has 1 aliphatic carbocycles. The number of carbonyl (C=O) groups excluding carboxylic acids is 3. The monoisotopic (exact) mass is 410 g/mol. The molecule has 2 N–H and O–H groups in total. The molecule has 3 fully saturated rings. The van der Waals surface area contributed by atoms with E-state index in [1.54, 1.807) is 4.90 Å². The fourth-order valence-corrected chi connectivity index (χ4v) is 5.67. The van der Waals surface area contributed by atoms with Crippen LogP contribution in [0.4, 0.5) is 5.69 Å². The maximum absolute atomic E-state index is 12.9. The number of benzene rings is 1. The maximum Gasteiger partial charge on any atom is 0.255 e. The second kappa shape index (κ2) is 8.02. The van der Waals surface area contributed by atoms with E-state index in [9.17, 15) is 14.4 Å². The van der Waals surface area contributed by atoms with E-state index in [-0.39, 0.29) is 24.1 Å². The van der Waals surface area contributed by atoms with Gasteiger partial charge in [-0.2, -0.15) is 0 Å². The number of hydrogen-bond acceptors (Lipinski definition) is 5. The molecule has 30 heavy (non-hydrogen) atoms. The second-order valence-electron chi connectivity index (χ2n) is 9.12. The molecule has 1 aromatic rings. The number of imide groups is 1. The second-order valence-corrected chi connectivity index (χ2v) is 9.12. The normalized spacial score (nSPS) is 29.8. The van der Waals surface area contributed by atoms with Gasteiger partial charge < -0.3 is 10.2 Å². The number of nitrogens with zero attached hydrogens (tertiary/aromatic N) is 2. The van der Waals surface area contributed by atoms with E-state index in [2.05, 4.69) is 21.6 Å². The molecule has 5 rings (SSSR count). The molecular weight excluding hydrogens is 380 g/mol. The number of piperidine rings is 2. The fourth-order valence-electron chi connectivity index (χ4n) is 5.67. The van der Waals surface area contributed by atoms with Crippen molar-refractivity contribution in [3.63, 3.8) is 0 Å². The van der Waals surface area contributed by atoms with Crippen molar-refractivity contribution in [2.75, 3.05) is 18.4 Å².